The summed E-state index contributed by atoms with van der Waals surface area (Å²) in [5, 5.41) is 13.0. The Morgan fingerprint density at radius 2 is 2.15 bits per heavy atom. The van der Waals surface area contributed by atoms with E-state index in [1.165, 1.54) is 5.56 Å². The molecule has 2 aromatic rings. The molecule has 6 heteroatoms. The van der Waals surface area contributed by atoms with E-state index in [-0.39, 0.29) is 22.6 Å². The maximum Gasteiger partial charge on any atom is 0.272 e. The van der Waals surface area contributed by atoms with Crippen molar-refractivity contribution in [3.63, 3.8) is 0 Å². The van der Waals surface area contributed by atoms with Crippen molar-refractivity contribution in [2.45, 2.75) is 45.1 Å². The molecule has 1 aliphatic rings. The van der Waals surface area contributed by atoms with Gasteiger partial charge in [-0.2, -0.15) is 0 Å². The predicted octanol–water partition coefficient (Wildman–Crippen LogP) is 4.24. The predicted molar refractivity (Wildman–Crippen MR) is 106 cm³/mol. The van der Waals surface area contributed by atoms with Crippen molar-refractivity contribution in [1.82, 2.24) is 5.01 Å². The van der Waals surface area contributed by atoms with E-state index >= 15 is 0 Å². The lowest BCUT2D eigenvalue weighted by molar-refractivity contribution is -0.385. The second-order valence-electron chi connectivity index (χ2n) is 7.26. The minimum absolute atomic E-state index is 0.0610. The molecule has 1 saturated heterocycles. The van der Waals surface area contributed by atoms with Crippen molar-refractivity contribution in [1.29, 1.82) is 0 Å². The fourth-order valence-corrected chi connectivity index (χ4v) is 3.67. The first-order valence-corrected chi connectivity index (χ1v) is 9.30. The van der Waals surface area contributed by atoms with Crippen molar-refractivity contribution in [3.05, 3.63) is 69.3 Å². The lowest BCUT2D eigenvalue weighted by Gasteiger charge is -2.23. The normalized spacial score (nSPS) is 18.2. The lowest BCUT2D eigenvalue weighted by atomic mass is 9.92. The minimum Gasteiger partial charge on any atom is -0.318 e. The molecule has 6 nitrogen and oxygen atoms in total. The zero-order valence-electron chi connectivity index (χ0n) is 15.7. The van der Waals surface area contributed by atoms with E-state index in [1.807, 2.05) is 29.3 Å². The molecule has 1 fully saturated rings. The molecule has 0 radical (unpaired) electrons. The molecule has 2 aromatic carbocycles. The number of carbonyl (C=O) groups excluding carboxylic acids is 1. The van der Waals surface area contributed by atoms with Gasteiger partial charge in [0.25, 0.3) is 5.69 Å². The molecule has 0 saturated carbocycles. The molecule has 1 N–H and O–H groups in total. The van der Waals surface area contributed by atoms with Crippen LogP contribution in [0.5, 0.6) is 0 Å². The molecule has 0 aromatic heterocycles. The van der Waals surface area contributed by atoms with Gasteiger partial charge in [-0.05, 0) is 61.4 Å². The Morgan fingerprint density at radius 3 is 2.85 bits per heavy atom. The van der Waals surface area contributed by atoms with Crippen molar-refractivity contribution < 1.29 is 9.72 Å². The first-order chi connectivity index (χ1) is 13.0. The Hall–Kier alpha value is -2.73. The topological polar surface area (TPSA) is 75.5 Å². The number of carbonyl (C=O) groups is 1. The summed E-state index contributed by atoms with van der Waals surface area (Å²) < 4.78 is 0. The number of hydrazine groups is 1. The number of hydrogen-bond acceptors (Lipinski definition) is 5. The zero-order chi connectivity index (χ0) is 19.4. The third-order valence-electron chi connectivity index (χ3n) is 5.18. The molecule has 142 valence electrons. The van der Waals surface area contributed by atoms with E-state index in [4.69, 9.17) is 0 Å². The van der Waals surface area contributed by atoms with Gasteiger partial charge in [-0.15, -0.1) is 0 Å². The van der Waals surface area contributed by atoms with Gasteiger partial charge in [-0.3, -0.25) is 10.1 Å². The number of hydrogen-bond donors (Lipinski definition) is 1. The smallest absolute Gasteiger partial charge is 0.272 e. The Morgan fingerprint density at radius 1 is 1.33 bits per heavy atom. The highest BCUT2D eigenvalue weighted by Gasteiger charge is 2.23. The van der Waals surface area contributed by atoms with Crippen molar-refractivity contribution >= 4 is 17.7 Å². The van der Waals surface area contributed by atoms with Crippen LogP contribution in [-0.4, -0.2) is 28.8 Å². The molecule has 0 spiro atoms. The molecule has 3 rings (SSSR count). The number of aldehydes is 1. The lowest BCUT2D eigenvalue weighted by Crippen LogP contribution is -2.35. The maximum absolute atomic E-state index is 11.2. The third kappa shape index (κ3) is 4.52. The summed E-state index contributed by atoms with van der Waals surface area (Å²) in [7, 11) is 0. The summed E-state index contributed by atoms with van der Waals surface area (Å²) in [6.07, 6.45) is 3.73. The van der Waals surface area contributed by atoms with Crippen LogP contribution in [0.15, 0.2) is 42.5 Å². The van der Waals surface area contributed by atoms with E-state index in [0.29, 0.717) is 5.56 Å². The second-order valence-corrected chi connectivity index (χ2v) is 7.26. The molecule has 1 aliphatic heterocycles. The van der Waals surface area contributed by atoms with Crippen LogP contribution in [-0.2, 0) is 11.2 Å². The van der Waals surface area contributed by atoms with Crippen LogP contribution in [0.2, 0.25) is 0 Å². The number of anilines is 1. The van der Waals surface area contributed by atoms with Crippen LogP contribution >= 0.6 is 0 Å². The first-order valence-electron chi connectivity index (χ1n) is 9.30. The summed E-state index contributed by atoms with van der Waals surface area (Å²) in [5.41, 5.74) is 7.47. The average molecular weight is 367 g/mol. The molecular formula is C21H25N3O3. The summed E-state index contributed by atoms with van der Waals surface area (Å²) in [5.74, 6) is 0.271. The van der Waals surface area contributed by atoms with Crippen molar-refractivity contribution in [2.75, 3.05) is 12.0 Å². The highest BCUT2D eigenvalue weighted by Crippen LogP contribution is 2.27. The fraction of sp³-hybridized carbons (Fsp3) is 0.381. The molecule has 1 unspecified atom stereocenters. The summed E-state index contributed by atoms with van der Waals surface area (Å²) >= 11 is 0. The van der Waals surface area contributed by atoms with E-state index in [2.05, 4.69) is 24.5 Å². The number of nitro groups is 1. The van der Waals surface area contributed by atoms with Crippen LogP contribution in [0.4, 0.5) is 11.4 Å². The van der Waals surface area contributed by atoms with Crippen LogP contribution in [0.1, 0.15) is 42.4 Å². The van der Waals surface area contributed by atoms with Gasteiger partial charge in [-0.1, -0.05) is 25.1 Å². The van der Waals surface area contributed by atoms with E-state index < -0.39 is 0 Å². The SMILES string of the molecule is Cc1cc(CC(C)c2cccc(NN3CCC[C@H]3C=O)c2)ccc1[N+](=O)[O-]. The molecule has 2 atom stereocenters. The largest absolute Gasteiger partial charge is 0.318 e. The van der Waals surface area contributed by atoms with Gasteiger partial charge in [0.1, 0.15) is 6.29 Å². The van der Waals surface area contributed by atoms with E-state index in [1.54, 1.807) is 13.0 Å². The number of rotatable bonds is 7. The Labute approximate surface area is 159 Å². The fourth-order valence-electron chi connectivity index (χ4n) is 3.67. The summed E-state index contributed by atoms with van der Waals surface area (Å²) in [6, 6.07) is 13.5. The van der Waals surface area contributed by atoms with E-state index in [0.717, 1.165) is 43.3 Å². The van der Waals surface area contributed by atoms with Crippen LogP contribution in [0.25, 0.3) is 0 Å². The van der Waals surface area contributed by atoms with Gasteiger partial charge < -0.3 is 10.2 Å². The zero-order valence-corrected chi connectivity index (χ0v) is 15.7. The van der Waals surface area contributed by atoms with Crippen molar-refractivity contribution in [2.24, 2.45) is 0 Å². The van der Waals surface area contributed by atoms with Gasteiger partial charge in [-0.25, -0.2) is 5.01 Å². The third-order valence-corrected chi connectivity index (χ3v) is 5.18. The van der Waals surface area contributed by atoms with Crippen molar-refractivity contribution in [3.8, 4) is 0 Å². The van der Waals surface area contributed by atoms with Gasteiger partial charge in [0.05, 0.1) is 11.0 Å². The molecule has 0 aliphatic carbocycles. The quantitative estimate of drug-likeness (QED) is 0.450. The summed E-state index contributed by atoms with van der Waals surface area (Å²) in [4.78, 5) is 21.8. The highest BCUT2D eigenvalue weighted by molar-refractivity contribution is 5.59. The Kier molecular flexibility index (Phi) is 5.86. The maximum atomic E-state index is 11.2. The second kappa shape index (κ2) is 8.31. The number of benzene rings is 2. The van der Waals surface area contributed by atoms with Crippen LogP contribution in [0.3, 0.4) is 0 Å². The monoisotopic (exact) mass is 367 g/mol. The summed E-state index contributed by atoms with van der Waals surface area (Å²) in [6.45, 7) is 4.79. The van der Waals surface area contributed by atoms with Crippen LogP contribution < -0.4 is 5.43 Å². The Balaban J connectivity index is 1.70. The first kappa shape index (κ1) is 19.0. The molecule has 0 bridgehead atoms. The van der Waals surface area contributed by atoms with E-state index in [9.17, 15) is 14.9 Å². The number of nitrogens with zero attached hydrogens (tertiary/aromatic N) is 2. The number of nitrogens with one attached hydrogen (secondary N) is 1. The van der Waals surface area contributed by atoms with Gasteiger partial charge in [0.15, 0.2) is 0 Å². The van der Waals surface area contributed by atoms with Gasteiger partial charge in [0, 0.05) is 23.9 Å². The highest BCUT2D eigenvalue weighted by atomic mass is 16.6. The molecular weight excluding hydrogens is 342 g/mol. The minimum atomic E-state index is -0.345. The molecule has 27 heavy (non-hydrogen) atoms. The van der Waals surface area contributed by atoms with Gasteiger partial charge >= 0.3 is 0 Å². The molecule has 0 amide bonds. The molecule has 1 heterocycles. The standard InChI is InChI=1S/C21H25N3O3/c1-15(11-17-8-9-21(24(26)27)16(2)12-17)18-5-3-6-19(13-18)22-23-10-4-7-20(23)14-25/h3,5-6,8-9,12-15,20,22H,4,7,10-11H2,1-2H3/t15?,20-/m0/s1. The average Bonchev–Trinajstić information content (AvgIpc) is 3.08. The number of nitro benzene ring substituents is 1. The Bertz CT molecular complexity index is 837. The van der Waals surface area contributed by atoms with Gasteiger partial charge in [0.2, 0.25) is 0 Å². The van der Waals surface area contributed by atoms with Crippen LogP contribution in [0, 0.1) is 17.0 Å². The number of aryl methyl sites for hydroxylation is 1.